The van der Waals surface area contributed by atoms with Crippen LogP contribution in [0.5, 0.6) is 0 Å². The monoisotopic (exact) mass is 370 g/mol. The summed E-state index contributed by atoms with van der Waals surface area (Å²) in [6.07, 6.45) is 0. The van der Waals surface area contributed by atoms with Gasteiger partial charge in [-0.25, -0.2) is 0 Å². The molecule has 1 amide bonds. The molecule has 0 aliphatic rings. The standard InChI is InChI=1S/C20H19ClN2OS/c21-17-10-8-15(9-11-17)13-22-19(24)14-23-20(18-7-4-12-25-18)16-5-2-1-3-6-16/h1-12,20,23H,13-14H2,(H,22,24). The molecule has 2 N–H and O–H groups in total. The Hall–Kier alpha value is -2.14. The fourth-order valence-corrected chi connectivity index (χ4v) is 3.50. The first-order chi connectivity index (χ1) is 12.2. The lowest BCUT2D eigenvalue weighted by Gasteiger charge is -2.18. The first kappa shape index (κ1) is 17.7. The molecule has 1 heterocycles. The van der Waals surface area contributed by atoms with E-state index < -0.39 is 0 Å². The second-order valence-corrected chi connectivity index (χ2v) is 7.06. The van der Waals surface area contributed by atoms with Crippen molar-refractivity contribution >= 4 is 28.8 Å². The largest absolute Gasteiger partial charge is 0.351 e. The van der Waals surface area contributed by atoms with Gasteiger partial charge in [0.1, 0.15) is 0 Å². The third kappa shape index (κ3) is 5.16. The second-order valence-electron chi connectivity index (χ2n) is 5.64. The number of halogens is 1. The molecule has 3 rings (SSSR count). The highest BCUT2D eigenvalue weighted by Gasteiger charge is 2.15. The molecule has 5 heteroatoms. The molecule has 0 saturated carbocycles. The van der Waals surface area contributed by atoms with Crippen molar-refractivity contribution in [3.63, 3.8) is 0 Å². The molecule has 0 aliphatic heterocycles. The van der Waals surface area contributed by atoms with Crippen molar-refractivity contribution < 1.29 is 4.79 Å². The summed E-state index contributed by atoms with van der Waals surface area (Å²) in [4.78, 5) is 13.4. The lowest BCUT2D eigenvalue weighted by molar-refractivity contribution is -0.120. The lowest BCUT2D eigenvalue weighted by atomic mass is 10.1. The van der Waals surface area contributed by atoms with Gasteiger partial charge in [0.25, 0.3) is 0 Å². The Bertz CT molecular complexity index is 788. The SMILES string of the molecule is O=C(CNC(c1ccccc1)c1cccs1)NCc1ccc(Cl)cc1. The predicted molar refractivity (Wildman–Crippen MR) is 104 cm³/mol. The molecule has 0 saturated heterocycles. The van der Waals surface area contributed by atoms with Gasteiger partial charge >= 0.3 is 0 Å². The third-order valence-corrected chi connectivity index (χ3v) is 5.02. The van der Waals surface area contributed by atoms with E-state index >= 15 is 0 Å². The molecule has 1 atom stereocenters. The maximum atomic E-state index is 12.2. The Morgan fingerprint density at radius 1 is 1.00 bits per heavy atom. The quantitative estimate of drug-likeness (QED) is 0.647. The maximum absolute atomic E-state index is 12.2. The number of benzene rings is 2. The van der Waals surface area contributed by atoms with Crippen LogP contribution in [-0.4, -0.2) is 12.5 Å². The topological polar surface area (TPSA) is 41.1 Å². The van der Waals surface area contributed by atoms with Crippen molar-refractivity contribution in [3.05, 3.63) is 93.1 Å². The van der Waals surface area contributed by atoms with E-state index in [4.69, 9.17) is 11.6 Å². The highest BCUT2D eigenvalue weighted by molar-refractivity contribution is 7.10. The number of hydrogen-bond acceptors (Lipinski definition) is 3. The molecule has 128 valence electrons. The van der Waals surface area contributed by atoms with E-state index in [1.807, 2.05) is 53.9 Å². The minimum absolute atomic E-state index is 0.0162. The number of carbonyl (C=O) groups is 1. The molecule has 2 aromatic carbocycles. The van der Waals surface area contributed by atoms with Crippen molar-refractivity contribution in [1.82, 2.24) is 10.6 Å². The van der Waals surface area contributed by atoms with E-state index in [9.17, 15) is 4.79 Å². The van der Waals surface area contributed by atoms with Crippen LogP contribution in [0.2, 0.25) is 5.02 Å². The molecular weight excluding hydrogens is 352 g/mol. The Morgan fingerprint density at radius 2 is 1.76 bits per heavy atom. The van der Waals surface area contributed by atoms with Crippen LogP contribution in [0.3, 0.4) is 0 Å². The Balaban J connectivity index is 1.57. The van der Waals surface area contributed by atoms with Crippen molar-refractivity contribution in [3.8, 4) is 0 Å². The van der Waals surface area contributed by atoms with Gasteiger partial charge in [-0.15, -0.1) is 11.3 Å². The minimum atomic E-state index is -0.0348. The molecule has 25 heavy (non-hydrogen) atoms. The van der Waals surface area contributed by atoms with Gasteiger partial charge in [0.2, 0.25) is 5.91 Å². The predicted octanol–water partition coefficient (Wildman–Crippen LogP) is 4.40. The summed E-state index contributed by atoms with van der Waals surface area (Å²) in [6, 6.07) is 21.8. The second kappa shape index (κ2) is 8.81. The van der Waals surface area contributed by atoms with Gasteiger partial charge in [0.05, 0.1) is 12.6 Å². The first-order valence-corrected chi connectivity index (χ1v) is 9.31. The van der Waals surface area contributed by atoms with Gasteiger partial charge in [-0.1, -0.05) is 60.1 Å². The van der Waals surface area contributed by atoms with Crippen molar-refractivity contribution in [1.29, 1.82) is 0 Å². The van der Waals surface area contributed by atoms with Gasteiger partial charge in [0, 0.05) is 16.4 Å². The van der Waals surface area contributed by atoms with Crippen LogP contribution < -0.4 is 10.6 Å². The summed E-state index contributed by atoms with van der Waals surface area (Å²) < 4.78 is 0. The molecule has 3 aromatic rings. The fraction of sp³-hybridized carbons (Fsp3) is 0.150. The molecule has 0 radical (unpaired) electrons. The van der Waals surface area contributed by atoms with Crippen LogP contribution in [0, 0.1) is 0 Å². The maximum Gasteiger partial charge on any atom is 0.234 e. The van der Waals surface area contributed by atoms with Crippen LogP contribution in [0.1, 0.15) is 22.0 Å². The van der Waals surface area contributed by atoms with Gasteiger partial charge in [-0.2, -0.15) is 0 Å². The van der Waals surface area contributed by atoms with E-state index in [1.54, 1.807) is 11.3 Å². The molecule has 0 aliphatic carbocycles. The number of rotatable bonds is 7. The molecule has 0 fully saturated rings. The summed E-state index contributed by atoms with van der Waals surface area (Å²) in [5, 5.41) is 9.03. The minimum Gasteiger partial charge on any atom is -0.351 e. The van der Waals surface area contributed by atoms with Crippen LogP contribution in [0.25, 0.3) is 0 Å². The summed E-state index contributed by atoms with van der Waals surface area (Å²) in [5.74, 6) is -0.0348. The van der Waals surface area contributed by atoms with E-state index in [2.05, 4.69) is 28.8 Å². The van der Waals surface area contributed by atoms with E-state index in [0.29, 0.717) is 11.6 Å². The average Bonchev–Trinajstić information content (AvgIpc) is 3.17. The number of amides is 1. The van der Waals surface area contributed by atoms with Crippen LogP contribution >= 0.6 is 22.9 Å². The Morgan fingerprint density at radius 3 is 2.44 bits per heavy atom. The zero-order valence-electron chi connectivity index (χ0n) is 13.6. The van der Waals surface area contributed by atoms with Gasteiger partial charge in [0.15, 0.2) is 0 Å². The Kier molecular flexibility index (Phi) is 6.23. The molecule has 0 bridgehead atoms. The molecule has 0 spiro atoms. The summed E-state index contributed by atoms with van der Waals surface area (Å²) in [5.41, 5.74) is 2.17. The van der Waals surface area contributed by atoms with Gasteiger partial charge in [-0.05, 0) is 34.7 Å². The molecule has 1 unspecified atom stereocenters. The summed E-state index contributed by atoms with van der Waals surface area (Å²) in [6.45, 7) is 0.748. The normalized spacial score (nSPS) is 11.9. The first-order valence-electron chi connectivity index (χ1n) is 8.05. The zero-order valence-corrected chi connectivity index (χ0v) is 15.2. The number of carbonyl (C=O) groups excluding carboxylic acids is 1. The van der Waals surface area contributed by atoms with E-state index in [1.165, 1.54) is 4.88 Å². The van der Waals surface area contributed by atoms with Crippen LogP contribution in [0.15, 0.2) is 72.1 Å². The number of hydrogen-bond donors (Lipinski definition) is 2. The molecule has 1 aromatic heterocycles. The average molecular weight is 371 g/mol. The highest BCUT2D eigenvalue weighted by Crippen LogP contribution is 2.25. The summed E-state index contributed by atoms with van der Waals surface area (Å²) in [7, 11) is 0. The highest BCUT2D eigenvalue weighted by atomic mass is 35.5. The van der Waals surface area contributed by atoms with Gasteiger partial charge < -0.3 is 5.32 Å². The lowest BCUT2D eigenvalue weighted by Crippen LogP contribution is -2.35. The van der Waals surface area contributed by atoms with Crippen molar-refractivity contribution in [2.45, 2.75) is 12.6 Å². The van der Waals surface area contributed by atoms with E-state index in [-0.39, 0.29) is 18.5 Å². The van der Waals surface area contributed by atoms with Crippen LogP contribution in [-0.2, 0) is 11.3 Å². The Labute approximate surface area is 156 Å². The molecule has 3 nitrogen and oxygen atoms in total. The fourth-order valence-electron chi connectivity index (χ4n) is 2.54. The number of nitrogens with one attached hydrogen (secondary N) is 2. The van der Waals surface area contributed by atoms with Gasteiger partial charge in [-0.3, -0.25) is 10.1 Å². The van der Waals surface area contributed by atoms with Crippen molar-refractivity contribution in [2.75, 3.05) is 6.54 Å². The number of thiophene rings is 1. The summed E-state index contributed by atoms with van der Waals surface area (Å²) >= 11 is 7.55. The van der Waals surface area contributed by atoms with Crippen LogP contribution in [0.4, 0.5) is 0 Å². The van der Waals surface area contributed by atoms with Crippen molar-refractivity contribution in [2.24, 2.45) is 0 Å². The smallest absolute Gasteiger partial charge is 0.234 e. The third-order valence-electron chi connectivity index (χ3n) is 3.83. The zero-order chi connectivity index (χ0) is 17.5. The van der Waals surface area contributed by atoms with E-state index in [0.717, 1.165) is 11.1 Å². The molecular formula is C20H19ClN2OS.